The number of rotatable bonds is 1. The van der Waals surface area contributed by atoms with Gasteiger partial charge in [-0.3, -0.25) is 0 Å². The monoisotopic (exact) mass is 164 g/mol. The molecule has 4 atom stereocenters. The Morgan fingerprint density at radius 3 is 2.18 bits per heavy atom. The van der Waals surface area contributed by atoms with Crippen molar-refractivity contribution in [2.45, 2.75) is 31.0 Å². The zero-order chi connectivity index (χ0) is 8.65. The van der Waals surface area contributed by atoms with Crippen LogP contribution in [-0.2, 0) is 4.74 Å². The Morgan fingerprint density at radius 2 is 2.00 bits per heavy atom. The lowest BCUT2D eigenvalue weighted by Gasteiger charge is -2.22. The quantitative estimate of drug-likeness (QED) is 0.353. The lowest BCUT2D eigenvalue weighted by molar-refractivity contribution is -0.243. The van der Waals surface area contributed by atoms with Gasteiger partial charge in [0.1, 0.15) is 12.2 Å². The number of aliphatic hydroxyl groups is 4. The summed E-state index contributed by atoms with van der Waals surface area (Å²) in [6.45, 7) is 0.775. The topological polar surface area (TPSA) is 90.2 Å². The van der Waals surface area contributed by atoms with E-state index >= 15 is 0 Å². The Labute approximate surface area is 63.8 Å². The average Bonchev–Trinajstić information content (AvgIpc) is 2.17. The van der Waals surface area contributed by atoms with Crippen molar-refractivity contribution in [1.29, 1.82) is 0 Å². The zero-order valence-electron chi connectivity index (χ0n) is 6.14. The molecule has 11 heavy (non-hydrogen) atoms. The highest BCUT2D eigenvalue weighted by Crippen LogP contribution is 2.28. The fourth-order valence-corrected chi connectivity index (χ4v) is 1.12. The molecule has 0 aromatic carbocycles. The number of aliphatic hydroxyl groups excluding tert-OH is 3. The molecule has 0 aliphatic carbocycles. The lowest BCUT2D eigenvalue weighted by Crippen LogP contribution is -2.46. The molecule has 5 nitrogen and oxygen atoms in total. The van der Waals surface area contributed by atoms with Gasteiger partial charge in [0.15, 0.2) is 0 Å². The molecule has 0 amide bonds. The van der Waals surface area contributed by atoms with E-state index in [4.69, 9.17) is 20.1 Å². The molecule has 1 aliphatic rings. The summed E-state index contributed by atoms with van der Waals surface area (Å²) in [6, 6.07) is 0. The minimum atomic E-state index is -2.00. The minimum absolute atomic E-state index is 0.665. The van der Waals surface area contributed by atoms with Crippen LogP contribution in [0, 0.1) is 0 Å². The van der Waals surface area contributed by atoms with Crippen molar-refractivity contribution in [3.8, 4) is 0 Å². The summed E-state index contributed by atoms with van der Waals surface area (Å²) in [7, 11) is 0. The standard InChI is InChI=1S/C6H12O5/c1-3-4(8)5(9)6(10,2-7)11-3/h3-5,7-10H,2H2,1H3/t3-,4-,5+,6?/m1/s1. The van der Waals surface area contributed by atoms with Gasteiger partial charge in [0.25, 0.3) is 0 Å². The number of hydrogen-bond acceptors (Lipinski definition) is 5. The van der Waals surface area contributed by atoms with Crippen molar-refractivity contribution in [3.63, 3.8) is 0 Å². The van der Waals surface area contributed by atoms with Crippen molar-refractivity contribution in [2.24, 2.45) is 0 Å². The summed E-state index contributed by atoms with van der Waals surface area (Å²) >= 11 is 0. The third kappa shape index (κ3) is 1.25. The van der Waals surface area contributed by atoms with Crippen LogP contribution >= 0.6 is 0 Å². The SMILES string of the molecule is C[C@H]1OC(O)(CO)[C@@H](O)[C@@H]1O. The molecular formula is C6H12O5. The van der Waals surface area contributed by atoms with Gasteiger partial charge in [-0.05, 0) is 6.92 Å². The third-order valence-electron chi connectivity index (χ3n) is 1.88. The summed E-state index contributed by atoms with van der Waals surface area (Å²) in [6.07, 6.45) is -3.25. The predicted octanol–water partition coefficient (Wildman–Crippen LogP) is -2.19. The smallest absolute Gasteiger partial charge is 0.219 e. The first kappa shape index (κ1) is 8.89. The Hall–Kier alpha value is -0.200. The van der Waals surface area contributed by atoms with Crippen LogP contribution in [0.5, 0.6) is 0 Å². The molecule has 1 fully saturated rings. The first-order chi connectivity index (χ1) is 5.01. The van der Waals surface area contributed by atoms with Crippen LogP contribution in [0.15, 0.2) is 0 Å². The Balaban J connectivity index is 2.73. The van der Waals surface area contributed by atoms with E-state index in [2.05, 4.69) is 0 Å². The highest BCUT2D eigenvalue weighted by atomic mass is 16.7. The van der Waals surface area contributed by atoms with Crippen molar-refractivity contribution >= 4 is 0 Å². The molecule has 1 rings (SSSR count). The minimum Gasteiger partial charge on any atom is -0.391 e. The van der Waals surface area contributed by atoms with Gasteiger partial charge in [-0.1, -0.05) is 0 Å². The number of hydrogen-bond donors (Lipinski definition) is 4. The van der Waals surface area contributed by atoms with Gasteiger partial charge < -0.3 is 25.2 Å². The van der Waals surface area contributed by atoms with Crippen LogP contribution in [0.2, 0.25) is 0 Å². The van der Waals surface area contributed by atoms with Crippen molar-refractivity contribution < 1.29 is 25.2 Å². The molecule has 0 aromatic rings. The second-order valence-electron chi connectivity index (χ2n) is 2.76. The van der Waals surface area contributed by atoms with E-state index < -0.39 is 30.7 Å². The number of ether oxygens (including phenoxy) is 1. The lowest BCUT2D eigenvalue weighted by atomic mass is 10.1. The summed E-state index contributed by atoms with van der Waals surface area (Å²) in [5.41, 5.74) is 0. The first-order valence-corrected chi connectivity index (χ1v) is 3.38. The van der Waals surface area contributed by atoms with E-state index in [1.165, 1.54) is 6.92 Å². The maximum absolute atomic E-state index is 9.23. The van der Waals surface area contributed by atoms with Crippen LogP contribution in [0.3, 0.4) is 0 Å². The second-order valence-corrected chi connectivity index (χ2v) is 2.76. The van der Waals surface area contributed by atoms with E-state index in [9.17, 15) is 5.11 Å². The van der Waals surface area contributed by atoms with Gasteiger partial charge in [0, 0.05) is 0 Å². The molecular weight excluding hydrogens is 152 g/mol. The van der Waals surface area contributed by atoms with Crippen molar-refractivity contribution in [1.82, 2.24) is 0 Å². The van der Waals surface area contributed by atoms with E-state index in [0.717, 1.165) is 0 Å². The molecule has 1 heterocycles. The van der Waals surface area contributed by atoms with Gasteiger partial charge in [-0.15, -0.1) is 0 Å². The Morgan fingerprint density at radius 1 is 1.45 bits per heavy atom. The molecule has 5 heteroatoms. The zero-order valence-corrected chi connectivity index (χ0v) is 6.14. The first-order valence-electron chi connectivity index (χ1n) is 3.38. The van der Waals surface area contributed by atoms with Gasteiger partial charge >= 0.3 is 0 Å². The Bertz CT molecular complexity index is 150. The van der Waals surface area contributed by atoms with Gasteiger partial charge in [0.2, 0.25) is 5.79 Å². The molecule has 0 bridgehead atoms. The maximum Gasteiger partial charge on any atom is 0.219 e. The molecule has 1 aliphatic heterocycles. The summed E-state index contributed by atoms with van der Waals surface area (Å²) in [5, 5.41) is 36.0. The van der Waals surface area contributed by atoms with E-state index in [1.54, 1.807) is 0 Å². The molecule has 0 radical (unpaired) electrons. The van der Waals surface area contributed by atoms with Crippen LogP contribution in [0.1, 0.15) is 6.92 Å². The molecule has 0 aromatic heterocycles. The largest absolute Gasteiger partial charge is 0.391 e. The van der Waals surface area contributed by atoms with Crippen LogP contribution in [0.25, 0.3) is 0 Å². The maximum atomic E-state index is 9.23. The Kier molecular flexibility index (Phi) is 2.17. The summed E-state index contributed by atoms with van der Waals surface area (Å²) in [5.74, 6) is -2.00. The van der Waals surface area contributed by atoms with Crippen molar-refractivity contribution in [3.05, 3.63) is 0 Å². The molecule has 0 saturated carbocycles. The molecule has 66 valence electrons. The average molecular weight is 164 g/mol. The molecule has 1 unspecified atom stereocenters. The molecule has 4 N–H and O–H groups in total. The highest BCUT2D eigenvalue weighted by molar-refractivity contribution is 4.93. The predicted molar refractivity (Wildman–Crippen MR) is 34.6 cm³/mol. The van der Waals surface area contributed by atoms with Crippen LogP contribution < -0.4 is 0 Å². The fraction of sp³-hybridized carbons (Fsp3) is 1.00. The van der Waals surface area contributed by atoms with Gasteiger partial charge in [0.05, 0.1) is 12.7 Å². The van der Waals surface area contributed by atoms with Gasteiger partial charge in [-0.2, -0.15) is 0 Å². The summed E-state index contributed by atoms with van der Waals surface area (Å²) in [4.78, 5) is 0. The van der Waals surface area contributed by atoms with Crippen LogP contribution in [0.4, 0.5) is 0 Å². The second kappa shape index (κ2) is 2.69. The normalized spacial score (nSPS) is 51.5. The molecule has 1 saturated heterocycles. The van der Waals surface area contributed by atoms with Crippen molar-refractivity contribution in [2.75, 3.05) is 6.61 Å². The van der Waals surface area contributed by atoms with E-state index in [1.807, 2.05) is 0 Å². The van der Waals surface area contributed by atoms with Gasteiger partial charge in [-0.25, -0.2) is 0 Å². The van der Waals surface area contributed by atoms with E-state index in [-0.39, 0.29) is 0 Å². The molecule has 0 spiro atoms. The third-order valence-corrected chi connectivity index (χ3v) is 1.88. The summed E-state index contributed by atoms with van der Waals surface area (Å²) < 4.78 is 4.73. The fourth-order valence-electron chi connectivity index (χ4n) is 1.12. The highest BCUT2D eigenvalue weighted by Gasteiger charge is 2.51. The van der Waals surface area contributed by atoms with E-state index in [0.29, 0.717) is 0 Å². The van der Waals surface area contributed by atoms with Crippen LogP contribution in [-0.4, -0.2) is 51.1 Å².